The second-order valence-electron chi connectivity index (χ2n) is 4.34. The number of nitrogens with zero attached hydrogens (tertiary/aromatic N) is 1. The van der Waals surface area contributed by atoms with E-state index in [2.05, 4.69) is 10.4 Å². The lowest BCUT2D eigenvalue weighted by atomic mass is 10.0. The second kappa shape index (κ2) is 5.96. The van der Waals surface area contributed by atoms with Crippen LogP contribution >= 0.6 is 22.9 Å². The topological polar surface area (TPSA) is 50.9 Å². The number of nitrogens with one attached hydrogen (secondary N) is 1. The molecule has 0 aliphatic rings. The number of thiazole rings is 1. The highest BCUT2D eigenvalue weighted by molar-refractivity contribution is 7.11. The summed E-state index contributed by atoms with van der Waals surface area (Å²) in [5, 5.41) is 1.53. The van der Waals surface area contributed by atoms with Gasteiger partial charge in [0.15, 0.2) is 0 Å². The highest BCUT2D eigenvalue weighted by Crippen LogP contribution is 2.29. The predicted molar refractivity (Wildman–Crippen MR) is 76.8 cm³/mol. The lowest BCUT2D eigenvalue weighted by Crippen LogP contribution is -2.29. The minimum Gasteiger partial charge on any atom is -0.271 e. The van der Waals surface area contributed by atoms with Crippen LogP contribution in [0.2, 0.25) is 5.02 Å². The first-order valence-electron chi connectivity index (χ1n) is 5.85. The molecule has 6 heteroatoms. The van der Waals surface area contributed by atoms with Crippen molar-refractivity contribution in [2.24, 2.45) is 5.84 Å². The molecular formula is C13H15ClFN3S. The third kappa shape index (κ3) is 3.30. The van der Waals surface area contributed by atoms with E-state index in [1.807, 2.05) is 13.8 Å². The number of aryl methyl sites for hydroxylation is 2. The molecule has 1 atom stereocenters. The van der Waals surface area contributed by atoms with Crippen molar-refractivity contribution in [3.63, 3.8) is 0 Å². The molecule has 1 aromatic carbocycles. The fraction of sp³-hybridized carbons (Fsp3) is 0.308. The van der Waals surface area contributed by atoms with Gasteiger partial charge in [-0.15, -0.1) is 11.3 Å². The van der Waals surface area contributed by atoms with Gasteiger partial charge in [-0.1, -0.05) is 11.6 Å². The Morgan fingerprint density at radius 1 is 1.47 bits per heavy atom. The molecule has 1 aromatic heterocycles. The maximum atomic E-state index is 13.3. The van der Waals surface area contributed by atoms with Crippen LogP contribution in [0.1, 0.15) is 27.2 Å². The van der Waals surface area contributed by atoms with Gasteiger partial charge in [-0.05, 0) is 44.0 Å². The van der Waals surface area contributed by atoms with Crippen molar-refractivity contribution in [1.29, 1.82) is 0 Å². The minimum atomic E-state index is -0.299. The van der Waals surface area contributed by atoms with E-state index < -0.39 is 0 Å². The Labute approximate surface area is 120 Å². The summed E-state index contributed by atoms with van der Waals surface area (Å²) < 4.78 is 13.3. The molecule has 3 nitrogen and oxygen atoms in total. The standard InChI is InChI=1S/C13H15ClFN3S/c1-7-13(19-8(2)17-7)12(18-16)6-9-5-10(15)3-4-11(9)14/h3-5,12,18H,6,16H2,1-2H3. The van der Waals surface area contributed by atoms with Gasteiger partial charge in [0.25, 0.3) is 0 Å². The van der Waals surface area contributed by atoms with Gasteiger partial charge >= 0.3 is 0 Å². The van der Waals surface area contributed by atoms with Gasteiger partial charge in [-0.3, -0.25) is 11.3 Å². The number of nitrogens with two attached hydrogens (primary N) is 1. The first kappa shape index (κ1) is 14.4. The van der Waals surface area contributed by atoms with Gasteiger partial charge < -0.3 is 0 Å². The zero-order chi connectivity index (χ0) is 14.0. The molecule has 0 saturated carbocycles. The van der Waals surface area contributed by atoms with Crippen LogP contribution in [-0.2, 0) is 6.42 Å². The van der Waals surface area contributed by atoms with Crippen LogP contribution in [-0.4, -0.2) is 4.98 Å². The molecule has 0 aliphatic heterocycles. The Morgan fingerprint density at radius 2 is 2.21 bits per heavy atom. The molecule has 0 bridgehead atoms. The first-order valence-corrected chi connectivity index (χ1v) is 7.04. The molecule has 3 N–H and O–H groups in total. The van der Waals surface area contributed by atoms with E-state index in [-0.39, 0.29) is 11.9 Å². The number of hydrogen-bond acceptors (Lipinski definition) is 4. The van der Waals surface area contributed by atoms with E-state index in [0.29, 0.717) is 11.4 Å². The van der Waals surface area contributed by atoms with E-state index in [0.717, 1.165) is 21.1 Å². The zero-order valence-corrected chi connectivity index (χ0v) is 12.3. The summed E-state index contributed by atoms with van der Waals surface area (Å²) in [5.41, 5.74) is 4.43. The fourth-order valence-electron chi connectivity index (χ4n) is 2.02. The molecule has 0 saturated heterocycles. The molecule has 0 radical (unpaired) electrons. The van der Waals surface area contributed by atoms with Crippen LogP contribution in [0.4, 0.5) is 4.39 Å². The number of aromatic nitrogens is 1. The van der Waals surface area contributed by atoms with Gasteiger partial charge in [0.1, 0.15) is 5.82 Å². The summed E-state index contributed by atoms with van der Waals surface area (Å²) in [6.45, 7) is 3.89. The third-order valence-electron chi connectivity index (χ3n) is 2.89. The van der Waals surface area contributed by atoms with Crippen molar-refractivity contribution in [2.45, 2.75) is 26.3 Å². The molecular weight excluding hydrogens is 285 g/mol. The average Bonchev–Trinajstić information content (AvgIpc) is 2.69. The zero-order valence-electron chi connectivity index (χ0n) is 10.7. The van der Waals surface area contributed by atoms with Gasteiger partial charge in [0.05, 0.1) is 16.7 Å². The monoisotopic (exact) mass is 299 g/mol. The maximum Gasteiger partial charge on any atom is 0.123 e. The van der Waals surface area contributed by atoms with Gasteiger partial charge in [-0.2, -0.15) is 0 Å². The number of benzene rings is 1. The molecule has 2 aromatic rings. The van der Waals surface area contributed by atoms with Crippen molar-refractivity contribution in [3.8, 4) is 0 Å². The Bertz CT molecular complexity index is 585. The Balaban J connectivity index is 2.29. The molecule has 0 aliphatic carbocycles. The first-order chi connectivity index (χ1) is 9.01. The van der Waals surface area contributed by atoms with Crippen LogP contribution in [0.15, 0.2) is 18.2 Å². The molecule has 0 fully saturated rings. The maximum absolute atomic E-state index is 13.3. The predicted octanol–water partition coefficient (Wildman–Crippen LogP) is 3.30. The molecule has 2 rings (SSSR count). The highest BCUT2D eigenvalue weighted by Gasteiger charge is 2.18. The second-order valence-corrected chi connectivity index (χ2v) is 5.98. The van der Waals surface area contributed by atoms with E-state index >= 15 is 0 Å². The van der Waals surface area contributed by atoms with Gasteiger partial charge in [0.2, 0.25) is 0 Å². The lowest BCUT2D eigenvalue weighted by molar-refractivity contribution is 0.553. The third-order valence-corrected chi connectivity index (χ3v) is 4.44. The van der Waals surface area contributed by atoms with E-state index in [9.17, 15) is 4.39 Å². The number of hydrazine groups is 1. The summed E-state index contributed by atoms with van der Waals surface area (Å²) in [6.07, 6.45) is 0.523. The minimum absolute atomic E-state index is 0.120. The van der Waals surface area contributed by atoms with Crippen LogP contribution in [0.25, 0.3) is 0 Å². The molecule has 1 heterocycles. The SMILES string of the molecule is Cc1nc(C)c(C(Cc2cc(F)ccc2Cl)NN)s1. The van der Waals surface area contributed by atoms with E-state index in [1.165, 1.54) is 12.1 Å². The van der Waals surface area contributed by atoms with Gasteiger partial charge in [-0.25, -0.2) is 9.37 Å². The Hall–Kier alpha value is -1.01. The quantitative estimate of drug-likeness (QED) is 0.673. The van der Waals surface area contributed by atoms with Crippen LogP contribution in [0.5, 0.6) is 0 Å². The van der Waals surface area contributed by atoms with Crippen molar-refractivity contribution >= 4 is 22.9 Å². The number of rotatable bonds is 4. The summed E-state index contributed by atoms with van der Waals surface area (Å²) >= 11 is 7.67. The molecule has 1 unspecified atom stereocenters. The Kier molecular flexibility index (Phi) is 4.52. The molecule has 19 heavy (non-hydrogen) atoms. The van der Waals surface area contributed by atoms with Crippen molar-refractivity contribution in [2.75, 3.05) is 0 Å². The molecule has 0 amide bonds. The normalized spacial score (nSPS) is 12.7. The summed E-state index contributed by atoms with van der Waals surface area (Å²) in [6, 6.07) is 4.23. The van der Waals surface area contributed by atoms with Crippen molar-refractivity contribution < 1.29 is 4.39 Å². The van der Waals surface area contributed by atoms with E-state index in [4.69, 9.17) is 17.4 Å². The Morgan fingerprint density at radius 3 is 2.79 bits per heavy atom. The van der Waals surface area contributed by atoms with Crippen LogP contribution in [0, 0.1) is 19.7 Å². The summed E-state index contributed by atoms with van der Waals surface area (Å²) in [5.74, 6) is 5.31. The van der Waals surface area contributed by atoms with Gasteiger partial charge in [0, 0.05) is 9.90 Å². The van der Waals surface area contributed by atoms with Crippen molar-refractivity contribution in [3.05, 3.63) is 50.2 Å². The molecule has 0 spiro atoms. The summed E-state index contributed by atoms with van der Waals surface area (Å²) in [4.78, 5) is 5.43. The smallest absolute Gasteiger partial charge is 0.123 e. The van der Waals surface area contributed by atoms with Crippen LogP contribution < -0.4 is 11.3 Å². The number of halogens is 2. The summed E-state index contributed by atoms with van der Waals surface area (Å²) in [7, 11) is 0. The average molecular weight is 300 g/mol. The van der Waals surface area contributed by atoms with E-state index in [1.54, 1.807) is 17.4 Å². The highest BCUT2D eigenvalue weighted by atomic mass is 35.5. The van der Waals surface area contributed by atoms with Crippen LogP contribution in [0.3, 0.4) is 0 Å². The fourth-order valence-corrected chi connectivity index (χ4v) is 3.20. The molecule has 102 valence electrons. The lowest BCUT2D eigenvalue weighted by Gasteiger charge is -2.16. The van der Waals surface area contributed by atoms with Crippen molar-refractivity contribution in [1.82, 2.24) is 10.4 Å². The largest absolute Gasteiger partial charge is 0.271 e. The number of hydrogen-bond donors (Lipinski definition) is 2.